The van der Waals surface area contributed by atoms with Gasteiger partial charge in [-0.05, 0) is 49.7 Å². The lowest BCUT2D eigenvalue weighted by molar-refractivity contribution is 1.13. The molecular formula is C22H19Cl2N5S. The summed E-state index contributed by atoms with van der Waals surface area (Å²) in [4.78, 5) is 16.8. The first-order valence-corrected chi connectivity index (χ1v) is 10.8. The van der Waals surface area contributed by atoms with Gasteiger partial charge in [0.1, 0.15) is 0 Å². The summed E-state index contributed by atoms with van der Waals surface area (Å²) < 4.78 is 0. The number of benzene rings is 2. The van der Waals surface area contributed by atoms with Crippen LogP contribution in [0.4, 0.5) is 22.5 Å². The van der Waals surface area contributed by atoms with Crippen molar-refractivity contribution in [2.45, 2.75) is 13.8 Å². The van der Waals surface area contributed by atoms with E-state index in [1.807, 2.05) is 68.3 Å². The van der Waals surface area contributed by atoms with Crippen LogP contribution in [-0.4, -0.2) is 22.0 Å². The Bertz CT molecular complexity index is 1210. The molecule has 2 aromatic carbocycles. The maximum atomic E-state index is 6.17. The number of aryl methyl sites for hydroxylation is 2. The van der Waals surface area contributed by atoms with Crippen molar-refractivity contribution in [3.05, 3.63) is 76.0 Å². The maximum absolute atomic E-state index is 6.17. The minimum absolute atomic E-state index is 0.511. The number of nitrogens with one attached hydrogen (secondary N) is 1. The van der Waals surface area contributed by atoms with Crippen LogP contribution in [0.2, 0.25) is 10.0 Å². The number of aromatic nitrogens is 3. The zero-order valence-electron chi connectivity index (χ0n) is 16.6. The van der Waals surface area contributed by atoms with Gasteiger partial charge in [-0.25, -0.2) is 15.0 Å². The molecule has 0 atom stereocenters. The van der Waals surface area contributed by atoms with Gasteiger partial charge >= 0.3 is 0 Å². The van der Waals surface area contributed by atoms with Crippen molar-refractivity contribution in [2.24, 2.45) is 0 Å². The van der Waals surface area contributed by atoms with E-state index in [1.54, 1.807) is 23.6 Å². The zero-order chi connectivity index (χ0) is 21.3. The summed E-state index contributed by atoms with van der Waals surface area (Å²) >= 11 is 13.8. The van der Waals surface area contributed by atoms with Crippen molar-refractivity contribution in [1.82, 2.24) is 15.0 Å². The number of rotatable bonds is 5. The van der Waals surface area contributed by atoms with Gasteiger partial charge in [-0.2, -0.15) is 0 Å². The van der Waals surface area contributed by atoms with Gasteiger partial charge in [-0.3, -0.25) is 0 Å². The van der Waals surface area contributed by atoms with Crippen LogP contribution < -0.4 is 10.2 Å². The van der Waals surface area contributed by atoms with E-state index in [1.165, 1.54) is 0 Å². The summed E-state index contributed by atoms with van der Waals surface area (Å²) in [6.45, 7) is 4.03. The lowest BCUT2D eigenvalue weighted by atomic mass is 10.2. The smallest absolute Gasteiger partial charge is 0.227 e. The zero-order valence-corrected chi connectivity index (χ0v) is 19.0. The van der Waals surface area contributed by atoms with E-state index in [4.69, 9.17) is 33.2 Å². The average molecular weight is 456 g/mol. The van der Waals surface area contributed by atoms with Crippen molar-refractivity contribution in [3.63, 3.8) is 0 Å². The highest BCUT2D eigenvalue weighted by molar-refractivity contribution is 7.19. The molecule has 0 aliphatic carbocycles. The van der Waals surface area contributed by atoms with Gasteiger partial charge in [0, 0.05) is 24.6 Å². The Kier molecular flexibility index (Phi) is 5.90. The molecule has 4 rings (SSSR count). The first-order valence-electron chi connectivity index (χ1n) is 9.24. The molecule has 0 saturated heterocycles. The minimum Gasteiger partial charge on any atom is -0.324 e. The van der Waals surface area contributed by atoms with E-state index < -0.39 is 0 Å². The topological polar surface area (TPSA) is 53.9 Å². The van der Waals surface area contributed by atoms with E-state index in [0.29, 0.717) is 16.0 Å². The maximum Gasteiger partial charge on any atom is 0.227 e. The Labute approximate surface area is 189 Å². The molecule has 0 spiro atoms. The number of thiazole rings is 1. The second-order valence-electron chi connectivity index (χ2n) is 6.77. The molecule has 30 heavy (non-hydrogen) atoms. The molecule has 0 amide bonds. The van der Waals surface area contributed by atoms with Gasteiger partial charge in [0.2, 0.25) is 5.95 Å². The van der Waals surface area contributed by atoms with Crippen LogP contribution in [0.3, 0.4) is 0 Å². The Morgan fingerprint density at radius 2 is 1.77 bits per heavy atom. The third-order valence-corrected chi connectivity index (χ3v) is 6.64. The number of halogens is 2. The predicted octanol–water partition coefficient (Wildman–Crippen LogP) is 7.04. The van der Waals surface area contributed by atoms with Crippen molar-refractivity contribution >= 4 is 57.0 Å². The highest BCUT2D eigenvalue weighted by Gasteiger charge is 2.16. The van der Waals surface area contributed by atoms with Gasteiger partial charge in [0.25, 0.3) is 0 Å². The van der Waals surface area contributed by atoms with Crippen molar-refractivity contribution in [3.8, 4) is 10.6 Å². The largest absolute Gasteiger partial charge is 0.324 e. The number of hydrogen-bond acceptors (Lipinski definition) is 6. The molecule has 0 aliphatic rings. The molecular weight excluding hydrogens is 437 g/mol. The third kappa shape index (κ3) is 4.26. The Morgan fingerprint density at radius 1 is 0.967 bits per heavy atom. The van der Waals surface area contributed by atoms with Crippen molar-refractivity contribution in [1.29, 1.82) is 0 Å². The molecule has 5 nitrogen and oxygen atoms in total. The average Bonchev–Trinajstić information content (AvgIpc) is 3.13. The molecule has 1 N–H and O–H groups in total. The van der Waals surface area contributed by atoms with Crippen LogP contribution in [0.25, 0.3) is 10.6 Å². The number of nitrogens with zero attached hydrogens (tertiary/aromatic N) is 4. The summed E-state index contributed by atoms with van der Waals surface area (Å²) in [5.41, 5.74) is 4.75. The molecule has 0 radical (unpaired) electrons. The predicted molar refractivity (Wildman–Crippen MR) is 127 cm³/mol. The molecule has 0 unspecified atom stereocenters. The Morgan fingerprint density at radius 3 is 2.53 bits per heavy atom. The van der Waals surface area contributed by atoms with E-state index in [0.717, 1.165) is 38.3 Å². The van der Waals surface area contributed by atoms with Crippen LogP contribution in [0.1, 0.15) is 11.3 Å². The first-order chi connectivity index (χ1) is 14.4. The number of anilines is 4. The van der Waals surface area contributed by atoms with Crippen LogP contribution in [0.15, 0.2) is 54.7 Å². The van der Waals surface area contributed by atoms with Crippen LogP contribution in [0, 0.1) is 13.8 Å². The molecule has 0 saturated carbocycles. The SMILES string of the molecule is Cc1ccccc1Nc1nccc(-c2sc(N(C)c3ccc(Cl)c(Cl)c3)nc2C)n1. The summed E-state index contributed by atoms with van der Waals surface area (Å²) in [5.74, 6) is 0.550. The van der Waals surface area contributed by atoms with Gasteiger partial charge in [-0.15, -0.1) is 0 Å². The first kappa shape index (κ1) is 20.6. The fraction of sp³-hybridized carbons (Fsp3) is 0.136. The summed E-state index contributed by atoms with van der Waals surface area (Å²) in [6, 6.07) is 15.5. The Hall–Kier alpha value is -2.67. The fourth-order valence-electron chi connectivity index (χ4n) is 2.95. The monoisotopic (exact) mass is 455 g/mol. The van der Waals surface area contributed by atoms with Crippen LogP contribution in [0.5, 0.6) is 0 Å². The highest BCUT2D eigenvalue weighted by Crippen LogP contribution is 2.37. The molecule has 2 aromatic heterocycles. The molecule has 2 heterocycles. The third-order valence-electron chi connectivity index (χ3n) is 4.64. The van der Waals surface area contributed by atoms with Crippen molar-refractivity contribution < 1.29 is 0 Å². The summed E-state index contributed by atoms with van der Waals surface area (Å²) in [6.07, 6.45) is 1.75. The van der Waals surface area contributed by atoms with Gasteiger partial charge in [0.15, 0.2) is 5.13 Å². The van der Waals surface area contributed by atoms with E-state index >= 15 is 0 Å². The normalized spacial score (nSPS) is 10.8. The van der Waals surface area contributed by atoms with Gasteiger partial charge < -0.3 is 10.2 Å². The molecule has 8 heteroatoms. The van der Waals surface area contributed by atoms with E-state index in [2.05, 4.69) is 10.3 Å². The Balaban J connectivity index is 1.63. The van der Waals surface area contributed by atoms with Crippen LogP contribution in [-0.2, 0) is 0 Å². The minimum atomic E-state index is 0.511. The molecule has 4 aromatic rings. The van der Waals surface area contributed by atoms with Gasteiger partial charge in [-0.1, -0.05) is 52.7 Å². The fourth-order valence-corrected chi connectivity index (χ4v) is 4.26. The van der Waals surface area contributed by atoms with Crippen molar-refractivity contribution in [2.75, 3.05) is 17.3 Å². The summed E-state index contributed by atoms with van der Waals surface area (Å²) in [5, 5.41) is 5.17. The standard InChI is InChI=1S/C22H19Cl2N5S/c1-13-6-4-5-7-18(13)27-21-25-11-10-19(28-21)20-14(2)26-22(30-20)29(3)15-8-9-16(23)17(24)12-15/h4-12H,1-3H3,(H,25,27,28). The molecule has 152 valence electrons. The second-order valence-corrected chi connectivity index (χ2v) is 8.57. The lowest BCUT2D eigenvalue weighted by Crippen LogP contribution is -2.08. The summed E-state index contributed by atoms with van der Waals surface area (Å²) in [7, 11) is 1.95. The lowest BCUT2D eigenvalue weighted by Gasteiger charge is -2.16. The van der Waals surface area contributed by atoms with Gasteiger partial charge in [0.05, 0.1) is 26.3 Å². The highest BCUT2D eigenvalue weighted by atomic mass is 35.5. The second kappa shape index (κ2) is 8.60. The molecule has 0 fully saturated rings. The molecule has 0 aliphatic heterocycles. The number of hydrogen-bond donors (Lipinski definition) is 1. The van der Waals surface area contributed by atoms with Crippen LogP contribution >= 0.6 is 34.5 Å². The van der Waals surface area contributed by atoms with E-state index in [-0.39, 0.29) is 0 Å². The quantitative estimate of drug-likeness (QED) is 0.349. The molecule has 0 bridgehead atoms. The van der Waals surface area contributed by atoms with E-state index in [9.17, 15) is 0 Å². The number of para-hydroxylation sites is 1.